The van der Waals surface area contributed by atoms with E-state index in [2.05, 4.69) is 6.92 Å². The van der Waals surface area contributed by atoms with Gasteiger partial charge in [-0.3, -0.25) is 9.59 Å². The van der Waals surface area contributed by atoms with E-state index in [1.165, 1.54) is 0 Å². The lowest BCUT2D eigenvalue weighted by molar-refractivity contribution is -0.127. The Labute approximate surface area is 120 Å². The van der Waals surface area contributed by atoms with Crippen molar-refractivity contribution in [2.45, 2.75) is 45.4 Å². The molecule has 106 valence electrons. The smallest absolute Gasteiger partial charge is 0.232 e. The molecule has 1 heterocycles. The number of carbonyl (C=O) groups excluding carboxylic acids is 2. The Kier molecular flexibility index (Phi) is 3.36. The van der Waals surface area contributed by atoms with E-state index >= 15 is 0 Å². The molecule has 0 saturated heterocycles. The summed E-state index contributed by atoms with van der Waals surface area (Å²) in [6, 6.07) is 7.55. The average Bonchev–Trinajstić information content (AvgIpc) is 2.84. The molecule has 0 N–H and O–H groups in total. The molecule has 0 unspecified atom stereocenters. The van der Waals surface area contributed by atoms with Crippen LogP contribution in [0.4, 0.5) is 5.69 Å². The van der Waals surface area contributed by atoms with Gasteiger partial charge in [-0.05, 0) is 31.4 Å². The molecule has 0 aromatic heterocycles. The van der Waals surface area contributed by atoms with Crippen molar-refractivity contribution >= 4 is 17.4 Å². The first kappa shape index (κ1) is 13.3. The Bertz CT molecular complexity index is 544. The number of Topliss-reactive ketones (excluding diaryl/α,β-unsaturated/α-hetero) is 1. The zero-order valence-electron chi connectivity index (χ0n) is 12.0. The summed E-state index contributed by atoms with van der Waals surface area (Å²) in [5.41, 5.74) is 1.29. The minimum atomic E-state index is -0.236. The summed E-state index contributed by atoms with van der Waals surface area (Å²) in [6.45, 7) is 2.74. The fourth-order valence-corrected chi connectivity index (χ4v) is 3.50. The second-order valence-electron chi connectivity index (χ2n) is 6.27. The van der Waals surface area contributed by atoms with Crippen molar-refractivity contribution in [1.82, 2.24) is 0 Å². The number of fused-ring (bicyclic) bond motifs is 1. The first-order chi connectivity index (χ1) is 9.62. The number of hydrogen-bond donors (Lipinski definition) is 0. The van der Waals surface area contributed by atoms with Gasteiger partial charge in [0.2, 0.25) is 5.91 Å². The lowest BCUT2D eigenvalue weighted by Crippen LogP contribution is -2.41. The Balaban J connectivity index is 1.99. The maximum atomic E-state index is 13.0. The molecule has 1 aliphatic heterocycles. The van der Waals surface area contributed by atoms with Crippen LogP contribution >= 0.6 is 0 Å². The summed E-state index contributed by atoms with van der Waals surface area (Å²) in [7, 11) is 0. The number of carbonyl (C=O) groups is 2. The molecule has 0 spiro atoms. The highest BCUT2D eigenvalue weighted by atomic mass is 16.2. The van der Waals surface area contributed by atoms with Crippen LogP contribution in [0.25, 0.3) is 0 Å². The number of para-hydroxylation sites is 1. The second kappa shape index (κ2) is 5.04. The van der Waals surface area contributed by atoms with Gasteiger partial charge in [-0.2, -0.15) is 0 Å². The summed E-state index contributed by atoms with van der Waals surface area (Å²) in [5.74, 6) is 0.365. The van der Waals surface area contributed by atoms with Crippen LogP contribution in [0.5, 0.6) is 0 Å². The number of amides is 1. The third-order valence-electron chi connectivity index (χ3n) is 4.75. The summed E-state index contributed by atoms with van der Waals surface area (Å²) in [5, 5.41) is 0. The van der Waals surface area contributed by atoms with Crippen molar-refractivity contribution in [3.05, 3.63) is 29.8 Å². The molecule has 2 aliphatic rings. The van der Waals surface area contributed by atoms with Gasteiger partial charge in [-0.25, -0.2) is 0 Å². The minimum absolute atomic E-state index is 0.160. The maximum absolute atomic E-state index is 13.0. The Morgan fingerprint density at radius 1 is 1.15 bits per heavy atom. The third-order valence-corrected chi connectivity index (χ3v) is 4.75. The summed E-state index contributed by atoms with van der Waals surface area (Å²) >= 11 is 0. The van der Waals surface area contributed by atoms with Crippen LogP contribution in [0.15, 0.2) is 24.3 Å². The van der Waals surface area contributed by atoms with Crippen LogP contribution in [0.3, 0.4) is 0 Å². The molecule has 3 heteroatoms. The zero-order valence-corrected chi connectivity index (χ0v) is 12.0. The molecular weight excluding hydrogens is 250 g/mol. The molecule has 1 fully saturated rings. The fourth-order valence-electron chi connectivity index (χ4n) is 3.50. The molecule has 1 aliphatic carbocycles. The molecule has 1 saturated carbocycles. The van der Waals surface area contributed by atoms with E-state index in [1.54, 1.807) is 0 Å². The van der Waals surface area contributed by atoms with E-state index in [-0.39, 0.29) is 17.1 Å². The first-order valence-corrected chi connectivity index (χ1v) is 7.56. The minimum Gasteiger partial charge on any atom is -0.311 e. The van der Waals surface area contributed by atoms with Gasteiger partial charge in [-0.15, -0.1) is 0 Å². The zero-order chi connectivity index (χ0) is 14.2. The molecule has 3 nitrogen and oxygen atoms in total. The molecule has 0 radical (unpaired) electrons. The normalized spacial score (nSPS) is 21.4. The first-order valence-electron chi connectivity index (χ1n) is 7.56. The van der Waals surface area contributed by atoms with E-state index in [0.29, 0.717) is 18.5 Å². The largest absolute Gasteiger partial charge is 0.311 e. The summed E-state index contributed by atoms with van der Waals surface area (Å²) in [6.07, 6.45) is 5.51. The topological polar surface area (TPSA) is 37.4 Å². The van der Waals surface area contributed by atoms with Crippen LogP contribution in [-0.2, 0) is 4.79 Å². The van der Waals surface area contributed by atoms with Gasteiger partial charge < -0.3 is 4.90 Å². The number of ketones is 1. The molecule has 3 rings (SSSR count). The number of nitrogens with zero attached hydrogens (tertiary/aromatic N) is 1. The average molecular weight is 271 g/mol. The highest BCUT2D eigenvalue weighted by Crippen LogP contribution is 2.41. The van der Waals surface area contributed by atoms with Crippen LogP contribution < -0.4 is 4.90 Å². The van der Waals surface area contributed by atoms with Crippen LogP contribution in [-0.4, -0.2) is 18.2 Å². The molecule has 0 bridgehead atoms. The predicted molar refractivity (Wildman–Crippen MR) is 78.9 cm³/mol. The number of rotatable bonds is 1. The molecule has 1 aromatic carbocycles. The van der Waals surface area contributed by atoms with Crippen LogP contribution in [0.1, 0.15) is 55.8 Å². The van der Waals surface area contributed by atoms with E-state index in [0.717, 1.165) is 37.8 Å². The lowest BCUT2D eigenvalue weighted by atomic mass is 9.87. The highest BCUT2D eigenvalue weighted by Gasteiger charge is 2.40. The van der Waals surface area contributed by atoms with Crippen molar-refractivity contribution < 1.29 is 9.59 Å². The van der Waals surface area contributed by atoms with Crippen molar-refractivity contribution in [2.75, 3.05) is 11.4 Å². The maximum Gasteiger partial charge on any atom is 0.232 e. The standard InChI is InChI=1S/C17H21NO2/c1-17(10-4-5-11-17)16(20)18-12-6-9-15(19)13-7-2-3-8-14(13)18/h2-3,7-8H,4-6,9-12H2,1H3. The highest BCUT2D eigenvalue weighted by molar-refractivity contribution is 6.07. The predicted octanol–water partition coefficient (Wildman–Crippen LogP) is 3.58. The van der Waals surface area contributed by atoms with Crippen LogP contribution in [0.2, 0.25) is 0 Å². The van der Waals surface area contributed by atoms with Gasteiger partial charge in [-0.1, -0.05) is 31.9 Å². The number of anilines is 1. The molecular formula is C17H21NO2. The molecule has 0 atom stereocenters. The SMILES string of the molecule is CC1(C(=O)N2CCCC(=O)c3ccccc32)CCCC1. The molecule has 1 amide bonds. The van der Waals surface area contributed by atoms with Crippen molar-refractivity contribution in [2.24, 2.45) is 5.41 Å². The summed E-state index contributed by atoms with van der Waals surface area (Å²) in [4.78, 5) is 27.0. The third kappa shape index (κ3) is 2.15. The Hall–Kier alpha value is -1.64. The van der Waals surface area contributed by atoms with Crippen molar-refractivity contribution in [3.63, 3.8) is 0 Å². The molecule has 1 aromatic rings. The monoisotopic (exact) mass is 271 g/mol. The van der Waals surface area contributed by atoms with Gasteiger partial charge in [0.1, 0.15) is 0 Å². The van der Waals surface area contributed by atoms with Crippen LogP contribution in [0, 0.1) is 5.41 Å². The lowest BCUT2D eigenvalue weighted by Gasteiger charge is -2.31. The van der Waals surface area contributed by atoms with Crippen molar-refractivity contribution in [1.29, 1.82) is 0 Å². The van der Waals surface area contributed by atoms with Gasteiger partial charge in [0.25, 0.3) is 0 Å². The Morgan fingerprint density at radius 2 is 1.85 bits per heavy atom. The van der Waals surface area contributed by atoms with Gasteiger partial charge >= 0.3 is 0 Å². The van der Waals surface area contributed by atoms with E-state index in [4.69, 9.17) is 0 Å². The number of benzene rings is 1. The van der Waals surface area contributed by atoms with E-state index in [9.17, 15) is 9.59 Å². The summed E-state index contributed by atoms with van der Waals surface area (Å²) < 4.78 is 0. The van der Waals surface area contributed by atoms with Gasteiger partial charge in [0.15, 0.2) is 5.78 Å². The molecule has 20 heavy (non-hydrogen) atoms. The quantitative estimate of drug-likeness (QED) is 0.783. The van der Waals surface area contributed by atoms with E-state index in [1.807, 2.05) is 29.2 Å². The van der Waals surface area contributed by atoms with E-state index < -0.39 is 0 Å². The Morgan fingerprint density at radius 3 is 2.60 bits per heavy atom. The second-order valence-corrected chi connectivity index (χ2v) is 6.27. The van der Waals surface area contributed by atoms with Crippen molar-refractivity contribution in [3.8, 4) is 0 Å². The van der Waals surface area contributed by atoms with Gasteiger partial charge in [0, 0.05) is 23.9 Å². The fraction of sp³-hybridized carbons (Fsp3) is 0.529. The number of hydrogen-bond acceptors (Lipinski definition) is 2. The van der Waals surface area contributed by atoms with Gasteiger partial charge in [0.05, 0.1) is 5.69 Å².